The molecule has 3 saturated carbocycles. The monoisotopic (exact) mass is 616 g/mol. The van der Waals surface area contributed by atoms with Crippen LogP contribution in [0.5, 0.6) is 0 Å². The Labute approximate surface area is 264 Å². The third-order valence-electron chi connectivity index (χ3n) is 12.1. The number of aliphatic hydroxyl groups is 4. The van der Waals surface area contributed by atoms with Gasteiger partial charge < -0.3 is 29.9 Å². The van der Waals surface area contributed by atoms with Gasteiger partial charge in [0.2, 0.25) is 0 Å². The van der Waals surface area contributed by atoms with Crippen LogP contribution in [-0.4, -0.2) is 67.5 Å². The van der Waals surface area contributed by atoms with Crippen LogP contribution in [0.2, 0.25) is 0 Å². The van der Waals surface area contributed by atoms with Crippen molar-refractivity contribution in [2.75, 3.05) is 0 Å². The van der Waals surface area contributed by atoms with Gasteiger partial charge in [-0.05, 0) is 81.1 Å². The smallest absolute Gasteiger partial charge is 0.338 e. The van der Waals surface area contributed by atoms with E-state index in [1.807, 2.05) is 36.4 Å². The molecule has 8 nitrogen and oxygen atoms in total. The van der Waals surface area contributed by atoms with E-state index in [1.54, 1.807) is 50.3 Å². The summed E-state index contributed by atoms with van der Waals surface area (Å²) in [6.07, 6.45) is 4.22. The first kappa shape index (κ1) is 31.7. The first-order chi connectivity index (χ1) is 21.3. The SMILES string of the molecule is CC(OC(=O)/C=C/c1ccccc1)[C@@]1(O)CC[C@@]2(O)[C@]1(C)C(OC(=O)c1ccccc1)C[C@@H]1[C@@]3(C)CC[C@H](O)CC3=CC[C@]12O. The van der Waals surface area contributed by atoms with Crippen molar-refractivity contribution in [2.45, 2.75) is 101 Å². The molecule has 0 amide bonds. The normalized spacial score (nSPS) is 39.6. The van der Waals surface area contributed by atoms with Crippen LogP contribution in [0.4, 0.5) is 0 Å². The molecule has 2 unspecified atom stereocenters. The van der Waals surface area contributed by atoms with Gasteiger partial charge in [-0.25, -0.2) is 9.59 Å². The number of benzene rings is 2. The molecule has 4 aliphatic rings. The Morgan fingerprint density at radius 2 is 1.62 bits per heavy atom. The van der Waals surface area contributed by atoms with Gasteiger partial charge in [-0.3, -0.25) is 0 Å². The molecule has 0 bridgehead atoms. The number of carbonyl (C=O) groups is 2. The highest BCUT2D eigenvalue weighted by atomic mass is 16.6. The molecule has 4 aliphatic carbocycles. The maximum absolute atomic E-state index is 13.6. The van der Waals surface area contributed by atoms with Gasteiger partial charge in [0.25, 0.3) is 0 Å². The van der Waals surface area contributed by atoms with E-state index in [0.29, 0.717) is 24.8 Å². The maximum atomic E-state index is 13.6. The minimum absolute atomic E-state index is 0.00993. The molecular formula is C37H44O8. The molecule has 240 valence electrons. The van der Waals surface area contributed by atoms with Crippen LogP contribution in [0.25, 0.3) is 6.08 Å². The van der Waals surface area contributed by atoms with E-state index in [9.17, 15) is 30.0 Å². The molecule has 6 rings (SSSR count). The van der Waals surface area contributed by atoms with Gasteiger partial charge >= 0.3 is 11.9 Å². The van der Waals surface area contributed by atoms with Gasteiger partial charge in [-0.1, -0.05) is 74.0 Å². The largest absolute Gasteiger partial charge is 0.458 e. The summed E-state index contributed by atoms with van der Waals surface area (Å²) < 4.78 is 12.1. The zero-order valence-corrected chi connectivity index (χ0v) is 26.2. The number of rotatable bonds is 6. The number of hydrogen-bond acceptors (Lipinski definition) is 8. The molecule has 2 aromatic rings. The molecule has 8 heteroatoms. The van der Waals surface area contributed by atoms with E-state index in [0.717, 1.165) is 11.1 Å². The van der Waals surface area contributed by atoms with Crippen molar-refractivity contribution in [3.63, 3.8) is 0 Å². The summed E-state index contributed by atoms with van der Waals surface area (Å²) in [6.45, 7) is 5.31. The summed E-state index contributed by atoms with van der Waals surface area (Å²) >= 11 is 0. The maximum Gasteiger partial charge on any atom is 0.338 e. The van der Waals surface area contributed by atoms with E-state index >= 15 is 0 Å². The van der Waals surface area contributed by atoms with Gasteiger partial charge in [0, 0.05) is 12.0 Å². The van der Waals surface area contributed by atoms with Crippen LogP contribution < -0.4 is 0 Å². The van der Waals surface area contributed by atoms with Crippen LogP contribution in [0.15, 0.2) is 78.4 Å². The Balaban J connectivity index is 1.39. The van der Waals surface area contributed by atoms with Gasteiger partial charge in [-0.15, -0.1) is 0 Å². The summed E-state index contributed by atoms with van der Waals surface area (Å²) in [7, 11) is 0. The molecule has 45 heavy (non-hydrogen) atoms. The second-order valence-corrected chi connectivity index (χ2v) is 14.0. The van der Waals surface area contributed by atoms with Crippen LogP contribution in [0, 0.1) is 16.7 Å². The topological polar surface area (TPSA) is 134 Å². The Morgan fingerprint density at radius 3 is 2.31 bits per heavy atom. The quantitative estimate of drug-likeness (QED) is 0.208. The highest BCUT2D eigenvalue weighted by Crippen LogP contribution is 2.71. The lowest BCUT2D eigenvalue weighted by atomic mass is 9.42. The van der Waals surface area contributed by atoms with Gasteiger partial charge in [0.1, 0.15) is 29.0 Å². The Bertz CT molecular complexity index is 1500. The molecule has 9 atom stereocenters. The van der Waals surface area contributed by atoms with Crippen molar-refractivity contribution in [1.29, 1.82) is 0 Å². The predicted octanol–water partition coefficient (Wildman–Crippen LogP) is 4.75. The van der Waals surface area contributed by atoms with Crippen molar-refractivity contribution in [3.05, 3.63) is 89.5 Å². The number of esters is 2. The van der Waals surface area contributed by atoms with Crippen molar-refractivity contribution in [3.8, 4) is 0 Å². The average molecular weight is 617 g/mol. The highest BCUT2D eigenvalue weighted by molar-refractivity contribution is 5.89. The van der Waals surface area contributed by atoms with Gasteiger partial charge in [-0.2, -0.15) is 0 Å². The Hall–Kier alpha value is -3.30. The van der Waals surface area contributed by atoms with Crippen molar-refractivity contribution >= 4 is 18.0 Å². The molecule has 3 fully saturated rings. The van der Waals surface area contributed by atoms with E-state index in [4.69, 9.17) is 9.47 Å². The van der Waals surface area contributed by atoms with Gasteiger partial charge in [0.15, 0.2) is 0 Å². The zero-order chi connectivity index (χ0) is 32.3. The summed E-state index contributed by atoms with van der Waals surface area (Å²) in [5, 5.41) is 48.6. The minimum Gasteiger partial charge on any atom is -0.458 e. The van der Waals surface area contributed by atoms with E-state index in [-0.39, 0.29) is 25.7 Å². The first-order valence-corrected chi connectivity index (χ1v) is 16.0. The lowest BCUT2D eigenvalue weighted by Crippen LogP contribution is -2.78. The van der Waals surface area contributed by atoms with E-state index in [1.165, 1.54) is 6.08 Å². The number of hydrogen-bond donors (Lipinski definition) is 4. The Morgan fingerprint density at radius 1 is 0.956 bits per heavy atom. The standard InChI is InChI=1S/C37H44O8/c1-24(44-31(39)15-14-25-10-6-4-7-11-25)35(41)20-21-37(43)34(35,3)30(45-32(40)26-12-8-5-9-13-26)23-29-33(2)18-17-28(38)22-27(33)16-19-36(29,37)42/h4-16,24,28-30,38,41-43H,17-23H2,1-3H3/b15-14+/t24?,28-,29+,30?,33-,34+,35-,36-,37+/m0/s1. The summed E-state index contributed by atoms with van der Waals surface area (Å²) in [6, 6.07) is 17.8. The van der Waals surface area contributed by atoms with Crippen molar-refractivity contribution in [2.24, 2.45) is 16.7 Å². The lowest BCUT2D eigenvalue weighted by molar-refractivity contribution is -0.324. The number of ether oxygens (including phenoxy) is 2. The fourth-order valence-electron chi connectivity index (χ4n) is 9.30. The third-order valence-corrected chi connectivity index (χ3v) is 12.1. The molecule has 0 aliphatic heterocycles. The molecule has 0 saturated heterocycles. The molecule has 0 aromatic heterocycles. The van der Waals surface area contributed by atoms with E-state index in [2.05, 4.69) is 6.92 Å². The number of carbonyl (C=O) groups excluding carboxylic acids is 2. The van der Waals surface area contributed by atoms with Gasteiger partial charge in [0.05, 0.1) is 17.1 Å². The zero-order valence-electron chi connectivity index (χ0n) is 26.2. The third kappa shape index (κ3) is 4.72. The average Bonchev–Trinajstić information content (AvgIpc) is 3.26. The summed E-state index contributed by atoms with van der Waals surface area (Å²) in [4.78, 5) is 26.6. The molecule has 0 spiro atoms. The van der Waals surface area contributed by atoms with Crippen molar-refractivity contribution < 1.29 is 39.5 Å². The second kappa shape index (κ2) is 11.2. The predicted molar refractivity (Wildman–Crippen MR) is 168 cm³/mol. The highest BCUT2D eigenvalue weighted by Gasteiger charge is 2.81. The Kier molecular flexibility index (Phi) is 7.88. The first-order valence-electron chi connectivity index (χ1n) is 16.0. The summed E-state index contributed by atoms with van der Waals surface area (Å²) in [5.74, 6) is -1.78. The number of aliphatic hydroxyl groups excluding tert-OH is 1. The van der Waals surface area contributed by atoms with Crippen molar-refractivity contribution in [1.82, 2.24) is 0 Å². The molecule has 0 heterocycles. The lowest BCUT2D eigenvalue weighted by Gasteiger charge is -2.67. The second-order valence-electron chi connectivity index (χ2n) is 14.0. The van der Waals surface area contributed by atoms with E-state index < -0.39 is 63.8 Å². The molecular weight excluding hydrogens is 572 g/mol. The fraction of sp³-hybridized carbons (Fsp3) is 0.514. The molecule has 4 N–H and O–H groups in total. The van der Waals surface area contributed by atoms with Crippen LogP contribution >= 0.6 is 0 Å². The van der Waals surface area contributed by atoms with Crippen LogP contribution in [-0.2, 0) is 14.3 Å². The minimum atomic E-state index is -1.90. The van der Waals surface area contributed by atoms with Crippen LogP contribution in [0.1, 0.15) is 81.6 Å². The fourth-order valence-corrected chi connectivity index (χ4v) is 9.30. The molecule has 0 radical (unpaired) electrons. The number of fused-ring (bicyclic) bond motifs is 5. The summed E-state index contributed by atoms with van der Waals surface area (Å²) in [5.41, 5.74) is -5.42. The van der Waals surface area contributed by atoms with Crippen LogP contribution in [0.3, 0.4) is 0 Å². The molecule has 2 aromatic carbocycles.